The number of hydrogen-bond donors (Lipinski definition) is 2. The lowest BCUT2D eigenvalue weighted by molar-refractivity contribution is -0.113. The molecule has 3 N–H and O–H groups in total. The van der Waals surface area contributed by atoms with Crippen LogP contribution in [0.25, 0.3) is 0 Å². The fourth-order valence-corrected chi connectivity index (χ4v) is 1.74. The third kappa shape index (κ3) is 3.67. The molecule has 0 unspecified atom stereocenters. The smallest absolute Gasteiger partial charge is 0.234 e. The quantitative estimate of drug-likeness (QED) is 0.776. The van der Waals surface area contributed by atoms with Gasteiger partial charge in [0.2, 0.25) is 11.9 Å². The Bertz CT molecular complexity index is 535. The van der Waals surface area contributed by atoms with Crippen molar-refractivity contribution in [2.24, 2.45) is 0 Å². The number of carbonyl (C=O) groups excluding carboxylic acids is 1. The van der Waals surface area contributed by atoms with Crippen LogP contribution in [0.3, 0.4) is 0 Å². The first-order valence-electron chi connectivity index (χ1n) is 5.01. The van der Waals surface area contributed by atoms with Crippen LogP contribution >= 0.6 is 11.8 Å². The highest BCUT2D eigenvalue weighted by Crippen LogP contribution is 2.12. The van der Waals surface area contributed by atoms with Crippen molar-refractivity contribution >= 4 is 29.3 Å². The monoisotopic (exact) mass is 262 g/mol. The lowest BCUT2D eigenvalue weighted by Crippen LogP contribution is -2.14. The molecule has 18 heavy (non-hydrogen) atoms. The Balaban J connectivity index is 1.85. The van der Waals surface area contributed by atoms with Crippen LogP contribution in [-0.4, -0.2) is 31.6 Å². The number of hydrogen-bond acceptors (Lipinski definition) is 7. The molecule has 8 heteroatoms. The van der Waals surface area contributed by atoms with E-state index in [0.29, 0.717) is 10.8 Å². The second-order valence-electron chi connectivity index (χ2n) is 3.20. The summed E-state index contributed by atoms with van der Waals surface area (Å²) >= 11 is 1.19. The number of rotatable bonds is 4. The number of thioether (sulfide) groups is 1. The maximum atomic E-state index is 11.6. The summed E-state index contributed by atoms with van der Waals surface area (Å²) in [6, 6.07) is 3.51. The van der Waals surface area contributed by atoms with E-state index in [4.69, 9.17) is 5.73 Å². The highest BCUT2D eigenvalue weighted by molar-refractivity contribution is 7.99. The lowest BCUT2D eigenvalue weighted by atomic mass is 10.4. The molecule has 0 saturated heterocycles. The Morgan fingerprint density at radius 1 is 1.44 bits per heavy atom. The second-order valence-corrected chi connectivity index (χ2v) is 4.15. The lowest BCUT2D eigenvalue weighted by Gasteiger charge is -2.03. The zero-order valence-corrected chi connectivity index (χ0v) is 10.1. The van der Waals surface area contributed by atoms with Gasteiger partial charge in [0.25, 0.3) is 0 Å². The first-order valence-corrected chi connectivity index (χ1v) is 6.00. The largest absolute Gasteiger partial charge is 0.368 e. The second kappa shape index (κ2) is 5.92. The molecule has 2 aromatic rings. The summed E-state index contributed by atoms with van der Waals surface area (Å²) in [6.07, 6.45) is 4.52. The Kier molecular flexibility index (Phi) is 4.02. The minimum absolute atomic E-state index is 0.139. The predicted molar refractivity (Wildman–Crippen MR) is 67.8 cm³/mol. The number of pyridine rings is 1. The minimum Gasteiger partial charge on any atom is -0.368 e. The van der Waals surface area contributed by atoms with Gasteiger partial charge in [-0.25, -0.2) is 9.97 Å². The summed E-state index contributed by atoms with van der Waals surface area (Å²) in [5.74, 6) is 0.172. The number of nitrogen functional groups attached to an aromatic ring is 1. The van der Waals surface area contributed by atoms with Crippen molar-refractivity contribution in [3.63, 3.8) is 0 Å². The van der Waals surface area contributed by atoms with Crippen LogP contribution in [-0.2, 0) is 4.79 Å². The molecule has 0 spiro atoms. The number of carbonyl (C=O) groups is 1. The first-order chi connectivity index (χ1) is 8.74. The van der Waals surface area contributed by atoms with E-state index in [1.54, 1.807) is 24.5 Å². The van der Waals surface area contributed by atoms with E-state index in [1.165, 1.54) is 18.1 Å². The van der Waals surface area contributed by atoms with Gasteiger partial charge >= 0.3 is 0 Å². The zero-order chi connectivity index (χ0) is 12.8. The molecule has 0 aliphatic rings. The van der Waals surface area contributed by atoms with E-state index in [1.807, 2.05) is 0 Å². The normalized spacial score (nSPS) is 10.0. The van der Waals surface area contributed by atoms with Gasteiger partial charge in [0.15, 0.2) is 5.16 Å². The van der Waals surface area contributed by atoms with Crippen LogP contribution in [0.1, 0.15) is 0 Å². The molecule has 2 heterocycles. The molecule has 0 aliphatic carbocycles. The van der Waals surface area contributed by atoms with E-state index >= 15 is 0 Å². The number of nitrogens with zero attached hydrogens (tertiary/aromatic N) is 4. The van der Waals surface area contributed by atoms with Gasteiger partial charge in [-0.15, -0.1) is 0 Å². The Morgan fingerprint density at radius 2 is 2.33 bits per heavy atom. The summed E-state index contributed by atoms with van der Waals surface area (Å²) < 4.78 is 0. The van der Waals surface area contributed by atoms with Crippen LogP contribution in [0.15, 0.2) is 36.0 Å². The molecule has 2 rings (SSSR count). The van der Waals surface area contributed by atoms with Crippen molar-refractivity contribution in [3.8, 4) is 0 Å². The molecule has 0 saturated carbocycles. The molecule has 2 aromatic heterocycles. The Hall–Kier alpha value is -2.22. The van der Waals surface area contributed by atoms with Crippen LogP contribution in [0.4, 0.5) is 11.6 Å². The van der Waals surface area contributed by atoms with E-state index in [2.05, 4.69) is 25.3 Å². The number of anilines is 2. The number of nitrogens with two attached hydrogens (primary N) is 1. The van der Waals surface area contributed by atoms with Crippen LogP contribution in [0.5, 0.6) is 0 Å². The number of amides is 1. The first kappa shape index (κ1) is 12.2. The SMILES string of the molecule is Nc1ncnc(SCC(=O)Nc2cccnc2)n1. The molecule has 0 fully saturated rings. The molecule has 0 radical (unpaired) electrons. The molecule has 1 amide bonds. The maximum absolute atomic E-state index is 11.6. The fourth-order valence-electron chi connectivity index (χ4n) is 1.13. The summed E-state index contributed by atoms with van der Waals surface area (Å²) in [4.78, 5) is 26.9. The van der Waals surface area contributed by atoms with Crippen molar-refractivity contribution < 1.29 is 4.79 Å². The van der Waals surface area contributed by atoms with Crippen molar-refractivity contribution in [1.29, 1.82) is 0 Å². The highest BCUT2D eigenvalue weighted by atomic mass is 32.2. The van der Waals surface area contributed by atoms with Crippen molar-refractivity contribution in [2.45, 2.75) is 5.16 Å². The predicted octanol–water partition coefficient (Wildman–Crippen LogP) is 0.580. The van der Waals surface area contributed by atoms with Gasteiger partial charge in [0, 0.05) is 6.20 Å². The van der Waals surface area contributed by atoms with Crippen molar-refractivity contribution in [2.75, 3.05) is 16.8 Å². The van der Waals surface area contributed by atoms with Gasteiger partial charge in [-0.1, -0.05) is 11.8 Å². The van der Waals surface area contributed by atoms with Gasteiger partial charge < -0.3 is 11.1 Å². The Morgan fingerprint density at radius 3 is 3.06 bits per heavy atom. The minimum atomic E-state index is -0.160. The average Bonchev–Trinajstić information content (AvgIpc) is 2.38. The van der Waals surface area contributed by atoms with E-state index in [9.17, 15) is 4.79 Å². The van der Waals surface area contributed by atoms with Crippen molar-refractivity contribution in [1.82, 2.24) is 19.9 Å². The summed E-state index contributed by atoms with van der Waals surface area (Å²) in [7, 11) is 0. The summed E-state index contributed by atoms with van der Waals surface area (Å²) in [6.45, 7) is 0. The average molecular weight is 262 g/mol. The van der Waals surface area contributed by atoms with Gasteiger partial charge in [-0.05, 0) is 12.1 Å². The topological polar surface area (TPSA) is 107 Å². The Labute approximate surface area is 107 Å². The summed E-state index contributed by atoms with van der Waals surface area (Å²) in [5, 5.41) is 3.12. The fraction of sp³-hybridized carbons (Fsp3) is 0.100. The molecule has 0 bridgehead atoms. The zero-order valence-electron chi connectivity index (χ0n) is 9.28. The molecule has 7 nitrogen and oxygen atoms in total. The van der Waals surface area contributed by atoms with Gasteiger partial charge in [0.1, 0.15) is 6.33 Å². The van der Waals surface area contributed by atoms with E-state index in [0.717, 1.165) is 0 Å². The van der Waals surface area contributed by atoms with Gasteiger partial charge in [-0.3, -0.25) is 9.78 Å². The molecule has 0 aromatic carbocycles. The molecule has 92 valence electrons. The molecular weight excluding hydrogens is 252 g/mol. The van der Waals surface area contributed by atoms with E-state index in [-0.39, 0.29) is 17.6 Å². The number of nitrogens with one attached hydrogen (secondary N) is 1. The highest BCUT2D eigenvalue weighted by Gasteiger charge is 2.05. The maximum Gasteiger partial charge on any atom is 0.234 e. The standard InChI is InChI=1S/C10H10N6OS/c11-9-13-6-14-10(16-9)18-5-8(17)15-7-2-1-3-12-4-7/h1-4,6H,5H2,(H,15,17)(H2,11,13,14,16). The van der Waals surface area contributed by atoms with Crippen LogP contribution < -0.4 is 11.1 Å². The van der Waals surface area contributed by atoms with E-state index < -0.39 is 0 Å². The van der Waals surface area contributed by atoms with Crippen LogP contribution in [0.2, 0.25) is 0 Å². The third-order valence-corrected chi connectivity index (χ3v) is 2.71. The molecule has 0 aliphatic heterocycles. The summed E-state index contributed by atoms with van der Waals surface area (Å²) in [5.41, 5.74) is 6.06. The van der Waals surface area contributed by atoms with Gasteiger partial charge in [-0.2, -0.15) is 4.98 Å². The molecule has 0 atom stereocenters. The number of aromatic nitrogens is 4. The third-order valence-electron chi connectivity index (χ3n) is 1.85. The van der Waals surface area contributed by atoms with Gasteiger partial charge in [0.05, 0.1) is 17.6 Å². The van der Waals surface area contributed by atoms with Crippen molar-refractivity contribution in [3.05, 3.63) is 30.9 Å². The molecular formula is C10H10N6OS. The van der Waals surface area contributed by atoms with Crippen LogP contribution in [0, 0.1) is 0 Å².